The molecule has 0 fully saturated rings. The summed E-state index contributed by atoms with van der Waals surface area (Å²) in [4.78, 5) is 18.4. The fourth-order valence-electron chi connectivity index (χ4n) is 3.66. The summed E-state index contributed by atoms with van der Waals surface area (Å²) in [6.07, 6.45) is 7.63. The first-order valence-electron chi connectivity index (χ1n) is 9.73. The Morgan fingerprint density at radius 1 is 1.26 bits per heavy atom. The Bertz CT molecular complexity index is 1130. The van der Waals surface area contributed by atoms with Crippen LogP contribution in [-0.4, -0.2) is 38.5 Å². The van der Waals surface area contributed by atoms with Crippen LogP contribution in [0.3, 0.4) is 0 Å². The maximum atomic E-state index is 12.7. The molecule has 1 amide bonds. The fourth-order valence-corrected chi connectivity index (χ4v) is 3.66. The number of benzene rings is 1. The highest BCUT2D eigenvalue weighted by molar-refractivity contribution is 6.03. The number of fused-ring (bicyclic) bond motifs is 1. The van der Waals surface area contributed by atoms with Crippen molar-refractivity contribution in [2.75, 3.05) is 11.6 Å². The number of hydrogen-bond acceptors (Lipinski definition) is 5. The number of nitrogens with two attached hydrogens (primary N) is 1. The average molecular weight is 424 g/mol. The topological polar surface area (TPSA) is 80.3 Å². The van der Waals surface area contributed by atoms with Gasteiger partial charge in [-0.25, -0.2) is 19.6 Å². The average Bonchev–Trinajstić information content (AvgIpc) is 3.35. The second-order valence-corrected chi connectivity index (χ2v) is 7.42. The third-order valence-corrected chi connectivity index (χ3v) is 5.16. The zero-order valence-electron chi connectivity index (χ0n) is 16.9. The van der Waals surface area contributed by atoms with Crippen LogP contribution in [0.4, 0.5) is 14.5 Å². The number of nitrogens with zero attached hydrogens (tertiary/aromatic N) is 5. The quantitative estimate of drug-likeness (QED) is 0.285. The Morgan fingerprint density at radius 3 is 2.81 bits per heavy atom. The Morgan fingerprint density at radius 2 is 2.06 bits per heavy atom. The minimum atomic E-state index is -2.38. The minimum Gasteiger partial charge on any atom is -0.289 e. The van der Waals surface area contributed by atoms with Crippen LogP contribution in [0.25, 0.3) is 17.2 Å². The lowest BCUT2D eigenvalue weighted by Crippen LogP contribution is -2.36. The summed E-state index contributed by atoms with van der Waals surface area (Å²) >= 11 is 0. The van der Waals surface area contributed by atoms with E-state index in [1.807, 2.05) is 25.4 Å². The van der Waals surface area contributed by atoms with E-state index in [1.54, 1.807) is 46.4 Å². The van der Waals surface area contributed by atoms with Gasteiger partial charge in [0.1, 0.15) is 0 Å². The number of carbonyl (C=O) groups is 1. The number of pyridine rings is 1. The van der Waals surface area contributed by atoms with Gasteiger partial charge in [-0.15, -0.1) is 0 Å². The zero-order valence-corrected chi connectivity index (χ0v) is 16.9. The van der Waals surface area contributed by atoms with E-state index in [1.165, 1.54) is 6.08 Å². The van der Waals surface area contributed by atoms with Gasteiger partial charge in [0.05, 0.1) is 18.4 Å². The molecule has 4 rings (SSSR count). The Balaban J connectivity index is 1.49. The van der Waals surface area contributed by atoms with Crippen molar-refractivity contribution in [1.29, 1.82) is 0 Å². The molecule has 0 aliphatic carbocycles. The Labute approximate surface area is 178 Å². The van der Waals surface area contributed by atoms with Crippen molar-refractivity contribution in [2.45, 2.75) is 19.5 Å². The van der Waals surface area contributed by atoms with Gasteiger partial charge in [-0.2, -0.15) is 5.10 Å². The summed E-state index contributed by atoms with van der Waals surface area (Å²) in [6, 6.07) is 7.18. The van der Waals surface area contributed by atoms with Crippen LogP contribution in [0.1, 0.15) is 16.7 Å². The largest absolute Gasteiger partial charge is 0.289 e. The summed E-state index contributed by atoms with van der Waals surface area (Å²) in [5.41, 5.74) is 4.94. The predicted molar refractivity (Wildman–Crippen MR) is 114 cm³/mol. The first kappa shape index (κ1) is 20.8. The molecule has 7 nitrogen and oxygen atoms in total. The standard InChI is InChI=1S/C22H22F2N6O/c1-28-11-18(10-27-28)20-6-7-26-9-15(20)3-5-22(31)30(25)19-4-2-16-12-29(14-21(23)24)13-17(16)8-19/h2-11,21H,12-14,25H2,1H3/b5-3+. The lowest BCUT2D eigenvalue weighted by Gasteiger charge is -2.16. The second kappa shape index (κ2) is 8.75. The highest BCUT2D eigenvalue weighted by Gasteiger charge is 2.23. The lowest BCUT2D eigenvalue weighted by molar-refractivity contribution is -0.114. The van der Waals surface area contributed by atoms with Gasteiger partial charge in [-0.05, 0) is 41.0 Å². The number of aryl methyl sites for hydroxylation is 1. The molecule has 2 N–H and O–H groups in total. The molecular weight excluding hydrogens is 402 g/mol. The lowest BCUT2D eigenvalue weighted by atomic mass is 10.0. The van der Waals surface area contributed by atoms with Gasteiger partial charge < -0.3 is 0 Å². The number of carbonyl (C=O) groups excluding carboxylic acids is 1. The van der Waals surface area contributed by atoms with E-state index in [9.17, 15) is 13.6 Å². The van der Waals surface area contributed by atoms with E-state index in [2.05, 4.69) is 10.1 Å². The molecule has 31 heavy (non-hydrogen) atoms. The number of alkyl halides is 2. The van der Waals surface area contributed by atoms with Crippen molar-refractivity contribution in [1.82, 2.24) is 19.7 Å². The molecule has 0 bridgehead atoms. The van der Waals surface area contributed by atoms with Crippen molar-refractivity contribution in [3.63, 3.8) is 0 Å². The summed E-state index contributed by atoms with van der Waals surface area (Å²) in [5, 5.41) is 5.23. The van der Waals surface area contributed by atoms with Crippen molar-refractivity contribution < 1.29 is 13.6 Å². The third-order valence-electron chi connectivity index (χ3n) is 5.16. The number of halogens is 2. The van der Waals surface area contributed by atoms with E-state index >= 15 is 0 Å². The molecule has 0 unspecified atom stereocenters. The zero-order chi connectivity index (χ0) is 22.0. The Hall–Kier alpha value is -3.43. The van der Waals surface area contributed by atoms with Crippen LogP contribution in [-0.2, 0) is 24.9 Å². The van der Waals surface area contributed by atoms with E-state index in [0.29, 0.717) is 18.8 Å². The van der Waals surface area contributed by atoms with Gasteiger partial charge in [0, 0.05) is 55.9 Å². The maximum absolute atomic E-state index is 12.7. The predicted octanol–water partition coefficient (Wildman–Crippen LogP) is 2.98. The second-order valence-electron chi connectivity index (χ2n) is 7.42. The number of rotatable bonds is 6. The molecule has 0 radical (unpaired) electrons. The first-order chi connectivity index (χ1) is 14.9. The first-order valence-corrected chi connectivity index (χ1v) is 9.73. The van der Waals surface area contributed by atoms with Gasteiger partial charge in [-0.3, -0.25) is 19.4 Å². The molecular formula is C22H22F2N6O. The summed E-state index contributed by atoms with van der Waals surface area (Å²) in [6.45, 7) is 0.606. The molecule has 1 aliphatic heterocycles. The van der Waals surface area contributed by atoms with Gasteiger partial charge >= 0.3 is 0 Å². The molecule has 0 spiro atoms. The number of anilines is 1. The van der Waals surface area contributed by atoms with Crippen molar-refractivity contribution in [2.24, 2.45) is 12.9 Å². The third kappa shape index (κ3) is 4.68. The summed E-state index contributed by atoms with van der Waals surface area (Å²) < 4.78 is 27.0. The summed E-state index contributed by atoms with van der Waals surface area (Å²) in [7, 11) is 1.83. The number of hydrogen-bond donors (Lipinski definition) is 1. The van der Waals surface area contributed by atoms with Crippen LogP contribution in [0.5, 0.6) is 0 Å². The monoisotopic (exact) mass is 424 g/mol. The maximum Gasteiger partial charge on any atom is 0.265 e. The molecule has 0 atom stereocenters. The highest BCUT2D eigenvalue weighted by atomic mass is 19.3. The van der Waals surface area contributed by atoms with Gasteiger partial charge in [0.15, 0.2) is 0 Å². The van der Waals surface area contributed by atoms with E-state index in [0.717, 1.165) is 32.8 Å². The smallest absolute Gasteiger partial charge is 0.265 e. The van der Waals surface area contributed by atoms with Crippen molar-refractivity contribution >= 4 is 17.7 Å². The van der Waals surface area contributed by atoms with Crippen molar-refractivity contribution in [3.8, 4) is 11.1 Å². The van der Waals surface area contributed by atoms with Crippen LogP contribution in [0.15, 0.2) is 55.1 Å². The summed E-state index contributed by atoms with van der Waals surface area (Å²) in [5.74, 6) is 5.62. The molecule has 9 heteroatoms. The SMILES string of the molecule is Cn1cc(-c2ccncc2/C=C/C(=O)N(N)c2ccc3c(c2)CN(CC(F)F)C3)cn1. The minimum absolute atomic E-state index is 0.275. The highest BCUT2D eigenvalue weighted by Crippen LogP contribution is 2.27. The van der Waals surface area contributed by atoms with Gasteiger partial charge in [0.2, 0.25) is 0 Å². The van der Waals surface area contributed by atoms with Crippen LogP contribution in [0.2, 0.25) is 0 Å². The molecule has 1 aromatic carbocycles. The normalized spacial score (nSPS) is 13.8. The molecule has 0 saturated heterocycles. The van der Waals surface area contributed by atoms with Crippen LogP contribution in [0, 0.1) is 0 Å². The van der Waals surface area contributed by atoms with E-state index in [4.69, 9.17) is 5.84 Å². The van der Waals surface area contributed by atoms with E-state index < -0.39 is 12.3 Å². The van der Waals surface area contributed by atoms with Gasteiger partial charge in [0.25, 0.3) is 12.3 Å². The van der Waals surface area contributed by atoms with E-state index in [-0.39, 0.29) is 6.54 Å². The molecule has 1 aliphatic rings. The Kier molecular flexibility index (Phi) is 5.88. The van der Waals surface area contributed by atoms with Crippen molar-refractivity contribution in [3.05, 3.63) is 71.8 Å². The van der Waals surface area contributed by atoms with Gasteiger partial charge in [-0.1, -0.05) is 6.07 Å². The molecule has 0 saturated carbocycles. The molecule has 3 heterocycles. The van der Waals surface area contributed by atoms with Crippen LogP contribution >= 0.6 is 0 Å². The number of hydrazine groups is 1. The number of amides is 1. The fraction of sp³-hybridized carbons (Fsp3) is 0.227. The number of aromatic nitrogens is 3. The van der Waals surface area contributed by atoms with Crippen LogP contribution < -0.4 is 10.9 Å². The molecule has 3 aromatic rings. The molecule has 2 aromatic heterocycles. The molecule has 160 valence electrons.